The maximum Gasteiger partial charge on any atom is 0.308 e. The lowest BCUT2D eigenvalue weighted by Gasteiger charge is -2.19. The molecule has 0 amide bonds. The van der Waals surface area contributed by atoms with Crippen molar-refractivity contribution in [2.75, 3.05) is 20.8 Å². The number of rotatable bonds is 25. The molecule has 0 fully saturated rings. The maximum atomic E-state index is 11.7. The molecular formula is C55H55Cl2N5O10. The Morgan fingerprint density at radius 1 is 0.625 bits per heavy atom. The highest BCUT2D eigenvalue weighted by atomic mass is 35.5. The van der Waals surface area contributed by atoms with Gasteiger partial charge in [0.1, 0.15) is 61.6 Å². The van der Waals surface area contributed by atoms with Crippen molar-refractivity contribution < 1.29 is 48.2 Å². The van der Waals surface area contributed by atoms with Gasteiger partial charge in [-0.05, 0) is 96.3 Å². The molecule has 3 N–H and O–H groups in total. The quantitative estimate of drug-likeness (QED) is 0.0456. The Morgan fingerprint density at radius 2 is 1.10 bits per heavy atom. The van der Waals surface area contributed by atoms with Gasteiger partial charge in [-0.15, -0.1) is 0 Å². The fourth-order valence-corrected chi connectivity index (χ4v) is 8.24. The number of aliphatic hydroxyl groups excluding tert-OH is 2. The molecule has 0 saturated heterocycles. The van der Waals surface area contributed by atoms with Gasteiger partial charge in [0.15, 0.2) is 0 Å². The van der Waals surface area contributed by atoms with E-state index >= 15 is 0 Å². The van der Waals surface area contributed by atoms with Gasteiger partial charge in [-0.25, -0.2) is 0 Å². The number of ether oxygens (including phenoxy) is 6. The Morgan fingerprint density at radius 3 is 1.60 bits per heavy atom. The molecule has 2 aromatic heterocycles. The van der Waals surface area contributed by atoms with Crippen LogP contribution < -0.4 is 24.3 Å². The second kappa shape index (κ2) is 26.8. The zero-order valence-electron chi connectivity index (χ0n) is 40.4. The van der Waals surface area contributed by atoms with Gasteiger partial charge in [-0.2, -0.15) is 10.5 Å². The number of aliphatic hydroxyl groups is 2. The highest BCUT2D eigenvalue weighted by Gasteiger charge is 2.19. The molecule has 374 valence electrons. The molecule has 17 heteroatoms. The molecule has 0 aliphatic carbocycles. The van der Waals surface area contributed by atoms with Crippen molar-refractivity contribution in [2.45, 2.75) is 91.1 Å². The second-order valence-corrected chi connectivity index (χ2v) is 17.7. The van der Waals surface area contributed by atoms with Crippen LogP contribution in [0.4, 0.5) is 0 Å². The zero-order valence-corrected chi connectivity index (χ0v) is 41.9. The molecule has 2 unspecified atom stereocenters. The average Bonchev–Trinajstić information content (AvgIpc) is 3.38. The van der Waals surface area contributed by atoms with Crippen molar-refractivity contribution in [3.05, 3.63) is 163 Å². The van der Waals surface area contributed by atoms with Crippen LogP contribution in [-0.4, -0.2) is 65.1 Å². The van der Waals surface area contributed by atoms with Gasteiger partial charge in [-0.3, -0.25) is 19.6 Å². The van der Waals surface area contributed by atoms with Crippen molar-refractivity contribution >= 4 is 35.1 Å². The minimum Gasteiger partial charge on any atom is -0.488 e. The summed E-state index contributed by atoms with van der Waals surface area (Å²) >= 11 is 13.7. The van der Waals surface area contributed by atoms with Gasteiger partial charge in [0.05, 0.1) is 60.4 Å². The van der Waals surface area contributed by atoms with Crippen molar-refractivity contribution in [3.63, 3.8) is 0 Å². The van der Waals surface area contributed by atoms with Crippen molar-refractivity contribution in [2.24, 2.45) is 0 Å². The van der Waals surface area contributed by atoms with Crippen LogP contribution in [0.25, 0.3) is 11.1 Å². The summed E-state index contributed by atoms with van der Waals surface area (Å²) in [5, 5.41) is 43.3. The average molecular weight is 1020 g/mol. The lowest BCUT2D eigenvalue weighted by atomic mass is 9.92. The number of aryl methyl sites for hydroxylation is 1. The third kappa shape index (κ3) is 15.4. The fraction of sp³-hybridized carbons (Fsp3) is 0.309. The van der Waals surface area contributed by atoms with Crippen LogP contribution in [0.2, 0.25) is 10.0 Å². The molecule has 6 aromatic rings. The number of pyridine rings is 2. The highest BCUT2D eigenvalue weighted by molar-refractivity contribution is 6.32. The summed E-state index contributed by atoms with van der Waals surface area (Å²) in [6.45, 7) is 5.04. The Hall–Kier alpha value is -7.24. The fourth-order valence-electron chi connectivity index (χ4n) is 7.75. The number of nitriles is 2. The van der Waals surface area contributed by atoms with E-state index in [2.05, 4.69) is 49.0 Å². The van der Waals surface area contributed by atoms with Crippen LogP contribution in [0.15, 0.2) is 97.6 Å². The molecule has 0 spiro atoms. The van der Waals surface area contributed by atoms with E-state index in [0.29, 0.717) is 80.1 Å². The summed E-state index contributed by atoms with van der Waals surface area (Å²) in [5.74, 6) is 0.749. The topological polar surface area (TPSA) is 215 Å². The van der Waals surface area contributed by atoms with E-state index in [9.17, 15) is 30.3 Å². The number of carbonyl (C=O) groups excluding carboxylic acids is 2. The number of hydrogen-bond donors (Lipinski definition) is 3. The van der Waals surface area contributed by atoms with E-state index in [1.165, 1.54) is 26.6 Å². The maximum absolute atomic E-state index is 11.7. The molecule has 0 bridgehead atoms. The summed E-state index contributed by atoms with van der Waals surface area (Å²) in [6.07, 6.45) is 5.51. The van der Waals surface area contributed by atoms with Gasteiger partial charge < -0.3 is 44.0 Å². The minimum atomic E-state index is -0.964. The molecule has 15 nitrogen and oxygen atoms in total. The number of esters is 2. The second-order valence-electron chi connectivity index (χ2n) is 16.9. The number of aromatic nitrogens is 2. The SMILES string of the molecule is COC(=O)CC(O)CCCc1cc(Cl)c(OCc2cccc(-c3cccc(COc4cc(OCc5cncc(C#N)c5)c(CNCC(O)CC(=O)OC)cc4Cl)c3C)c2C)cc1OCc1cncc(C#N)c1. The lowest BCUT2D eigenvalue weighted by Crippen LogP contribution is -2.28. The zero-order chi connectivity index (χ0) is 51.6. The van der Waals surface area contributed by atoms with Crippen LogP contribution in [-0.2, 0) is 58.5 Å². The van der Waals surface area contributed by atoms with Crippen LogP contribution in [0.1, 0.15) is 81.3 Å². The first kappa shape index (κ1) is 54.1. The first-order valence-corrected chi connectivity index (χ1v) is 23.8. The van der Waals surface area contributed by atoms with Crippen LogP contribution >= 0.6 is 23.2 Å². The standard InChI is InChI=1S/C55H55Cl2N5O10/c1-34-41(32-71-52-20-50(69-30-38-14-36(22-58)24-60-26-38)40(16-48(52)56)8-5-11-44(63)18-54(65)67-3)9-6-12-46(34)47-13-7-10-42(35(47)2)33-72-53-21-51(70-31-39-15-37(23-59)25-61-27-39)43(17-49(53)57)28-62-29-45(64)19-55(66)68-4/h6-7,9-10,12-17,20-21,24-27,44-45,62-64H,5,8,11,18-19,28-33H2,1-4H3. The number of nitrogens with one attached hydrogen (secondary N) is 1. The Balaban J connectivity index is 1.18. The molecule has 2 heterocycles. The van der Waals surface area contributed by atoms with Crippen molar-refractivity contribution in [1.29, 1.82) is 10.5 Å². The molecule has 6 rings (SSSR count). The summed E-state index contributed by atoms with van der Waals surface area (Å²) < 4.78 is 34.7. The number of nitrogens with zero attached hydrogens (tertiary/aromatic N) is 4. The Bertz CT molecular complexity index is 2740. The van der Waals surface area contributed by atoms with Gasteiger partial charge in [0.25, 0.3) is 0 Å². The number of halogens is 2. The van der Waals surface area contributed by atoms with E-state index in [0.717, 1.165) is 38.9 Å². The first-order valence-electron chi connectivity index (χ1n) is 23.0. The molecule has 2 atom stereocenters. The predicted molar refractivity (Wildman–Crippen MR) is 269 cm³/mol. The number of carbonyl (C=O) groups is 2. The number of hydrogen-bond acceptors (Lipinski definition) is 15. The molecule has 0 aliphatic rings. The van der Waals surface area contributed by atoms with Gasteiger partial charge in [0, 0.05) is 66.7 Å². The molecule has 72 heavy (non-hydrogen) atoms. The van der Waals surface area contributed by atoms with Crippen LogP contribution in [0.5, 0.6) is 23.0 Å². The van der Waals surface area contributed by atoms with E-state index in [1.54, 1.807) is 48.8 Å². The summed E-state index contributed by atoms with van der Waals surface area (Å²) in [7, 11) is 2.55. The Labute approximate surface area is 428 Å². The summed E-state index contributed by atoms with van der Waals surface area (Å²) in [4.78, 5) is 31.6. The Kier molecular flexibility index (Phi) is 20.2. The van der Waals surface area contributed by atoms with E-state index in [-0.39, 0.29) is 52.4 Å². The minimum absolute atomic E-state index is 0.100. The highest BCUT2D eigenvalue weighted by Crippen LogP contribution is 2.38. The molecule has 0 aliphatic heterocycles. The third-order valence-corrected chi connectivity index (χ3v) is 12.3. The van der Waals surface area contributed by atoms with Crippen LogP contribution in [0.3, 0.4) is 0 Å². The normalized spacial score (nSPS) is 11.7. The summed E-state index contributed by atoms with van der Waals surface area (Å²) in [5.41, 5.74) is 9.49. The predicted octanol–water partition coefficient (Wildman–Crippen LogP) is 9.39. The molecule has 0 saturated carbocycles. The first-order chi connectivity index (χ1) is 34.8. The van der Waals surface area contributed by atoms with Gasteiger partial charge in [-0.1, -0.05) is 59.6 Å². The van der Waals surface area contributed by atoms with Gasteiger partial charge in [0.2, 0.25) is 0 Å². The van der Waals surface area contributed by atoms with Crippen molar-refractivity contribution in [3.8, 4) is 46.3 Å². The third-order valence-electron chi connectivity index (χ3n) is 11.8. The molecule has 0 radical (unpaired) electrons. The lowest BCUT2D eigenvalue weighted by molar-refractivity contribution is -0.143. The smallest absolute Gasteiger partial charge is 0.308 e. The largest absolute Gasteiger partial charge is 0.488 e. The number of methoxy groups -OCH3 is 2. The monoisotopic (exact) mass is 1020 g/mol. The van der Waals surface area contributed by atoms with Crippen LogP contribution in [0, 0.1) is 36.5 Å². The number of benzene rings is 4. The van der Waals surface area contributed by atoms with E-state index in [4.69, 9.17) is 42.1 Å². The summed E-state index contributed by atoms with van der Waals surface area (Å²) in [6, 6.07) is 26.6. The van der Waals surface area contributed by atoms with Crippen molar-refractivity contribution in [1.82, 2.24) is 15.3 Å². The van der Waals surface area contributed by atoms with E-state index in [1.807, 2.05) is 38.1 Å². The molecule has 4 aromatic carbocycles. The van der Waals surface area contributed by atoms with Gasteiger partial charge >= 0.3 is 11.9 Å². The molecular weight excluding hydrogens is 962 g/mol. The van der Waals surface area contributed by atoms with E-state index < -0.39 is 24.1 Å².